The van der Waals surface area contributed by atoms with Gasteiger partial charge >= 0.3 is 0 Å². The molecule has 156 valence electrons. The standard InChI is InChI=1S/C24H18ClFN2O3/c1-14-3-5-15(6-4-14)21-22(27-18-10-8-17(26)9-11-18)24(30)28(23(21)29)19-13-16(25)7-12-20(19)31-2/h3-13,27H,1-2H3. The summed E-state index contributed by atoms with van der Waals surface area (Å²) >= 11 is 6.13. The molecule has 0 aliphatic carbocycles. The van der Waals surface area contributed by atoms with Crippen molar-refractivity contribution < 1.29 is 18.7 Å². The van der Waals surface area contributed by atoms with Gasteiger partial charge in [-0.2, -0.15) is 0 Å². The highest BCUT2D eigenvalue weighted by atomic mass is 35.5. The van der Waals surface area contributed by atoms with E-state index in [4.69, 9.17) is 16.3 Å². The zero-order valence-electron chi connectivity index (χ0n) is 16.8. The van der Waals surface area contributed by atoms with E-state index in [9.17, 15) is 14.0 Å². The molecule has 1 aliphatic heterocycles. The minimum absolute atomic E-state index is 0.0856. The van der Waals surface area contributed by atoms with Gasteiger partial charge in [0.15, 0.2) is 0 Å². The zero-order valence-corrected chi connectivity index (χ0v) is 17.5. The van der Waals surface area contributed by atoms with Crippen LogP contribution in [0.15, 0.2) is 72.4 Å². The molecule has 0 fully saturated rings. The van der Waals surface area contributed by atoms with Crippen LogP contribution in [0.5, 0.6) is 5.75 Å². The summed E-state index contributed by atoms with van der Waals surface area (Å²) in [5.41, 5.74) is 2.60. The molecule has 0 unspecified atom stereocenters. The smallest absolute Gasteiger partial charge is 0.282 e. The number of nitrogens with zero attached hydrogens (tertiary/aromatic N) is 1. The second-order valence-corrected chi connectivity index (χ2v) is 7.45. The van der Waals surface area contributed by atoms with E-state index >= 15 is 0 Å². The molecule has 1 aliphatic rings. The first-order valence-electron chi connectivity index (χ1n) is 9.45. The van der Waals surface area contributed by atoms with Crippen molar-refractivity contribution in [3.05, 3.63) is 94.4 Å². The lowest BCUT2D eigenvalue weighted by molar-refractivity contribution is -0.120. The number of carbonyl (C=O) groups excluding carboxylic acids is 2. The Kier molecular flexibility index (Phi) is 5.48. The number of ether oxygens (including phenoxy) is 1. The van der Waals surface area contributed by atoms with Gasteiger partial charge in [-0.05, 0) is 55.0 Å². The lowest BCUT2D eigenvalue weighted by Crippen LogP contribution is -2.32. The molecule has 31 heavy (non-hydrogen) atoms. The van der Waals surface area contributed by atoms with Crippen LogP contribution >= 0.6 is 11.6 Å². The molecule has 7 heteroatoms. The second-order valence-electron chi connectivity index (χ2n) is 7.01. The topological polar surface area (TPSA) is 58.6 Å². The van der Waals surface area contributed by atoms with Crippen LogP contribution < -0.4 is 15.0 Å². The first-order valence-corrected chi connectivity index (χ1v) is 9.83. The van der Waals surface area contributed by atoms with Crippen molar-refractivity contribution in [3.63, 3.8) is 0 Å². The Morgan fingerprint density at radius 1 is 0.935 bits per heavy atom. The number of halogens is 2. The van der Waals surface area contributed by atoms with Crippen molar-refractivity contribution in [2.75, 3.05) is 17.3 Å². The summed E-state index contributed by atoms with van der Waals surface area (Å²) in [7, 11) is 1.45. The predicted octanol–water partition coefficient (Wildman–Crippen LogP) is 5.19. The van der Waals surface area contributed by atoms with Crippen LogP contribution in [0.3, 0.4) is 0 Å². The molecule has 0 radical (unpaired) electrons. The summed E-state index contributed by atoms with van der Waals surface area (Å²) in [6, 6.07) is 17.5. The molecular weight excluding hydrogens is 419 g/mol. The summed E-state index contributed by atoms with van der Waals surface area (Å²) in [6.45, 7) is 1.93. The maximum atomic E-state index is 13.5. The quantitative estimate of drug-likeness (QED) is 0.559. The Morgan fingerprint density at radius 3 is 2.26 bits per heavy atom. The molecule has 3 aromatic carbocycles. The summed E-state index contributed by atoms with van der Waals surface area (Å²) in [4.78, 5) is 27.9. The van der Waals surface area contributed by atoms with E-state index in [0.29, 0.717) is 22.0 Å². The largest absolute Gasteiger partial charge is 0.495 e. The molecule has 2 amide bonds. The third-order valence-corrected chi connectivity index (χ3v) is 5.15. The maximum absolute atomic E-state index is 13.5. The van der Waals surface area contributed by atoms with E-state index in [1.165, 1.54) is 37.4 Å². The van der Waals surface area contributed by atoms with Gasteiger partial charge in [-0.1, -0.05) is 41.4 Å². The number of nitrogens with one attached hydrogen (secondary N) is 1. The van der Waals surface area contributed by atoms with E-state index in [1.54, 1.807) is 24.3 Å². The number of imide groups is 1. The van der Waals surface area contributed by atoms with E-state index in [2.05, 4.69) is 5.32 Å². The van der Waals surface area contributed by atoms with Crippen molar-refractivity contribution in [1.29, 1.82) is 0 Å². The molecule has 0 saturated heterocycles. The summed E-state index contributed by atoms with van der Waals surface area (Å²) < 4.78 is 18.7. The van der Waals surface area contributed by atoms with Gasteiger partial charge in [-0.15, -0.1) is 0 Å². The highest BCUT2D eigenvalue weighted by Crippen LogP contribution is 2.39. The first kappa shape index (κ1) is 20.6. The molecule has 1 N–H and O–H groups in total. The van der Waals surface area contributed by atoms with E-state index in [1.807, 2.05) is 19.1 Å². The Bertz CT molecular complexity index is 1200. The Balaban J connectivity index is 1.85. The normalized spacial score (nSPS) is 13.7. The van der Waals surface area contributed by atoms with Crippen LogP contribution in [0.25, 0.3) is 5.57 Å². The van der Waals surface area contributed by atoms with Crippen molar-refractivity contribution in [2.24, 2.45) is 0 Å². The number of anilines is 2. The van der Waals surface area contributed by atoms with Gasteiger partial charge < -0.3 is 10.1 Å². The average Bonchev–Trinajstić information content (AvgIpc) is 3.00. The van der Waals surface area contributed by atoms with Crippen LogP contribution in [0, 0.1) is 12.7 Å². The zero-order chi connectivity index (χ0) is 22.1. The third kappa shape index (κ3) is 3.90. The lowest BCUT2D eigenvalue weighted by Gasteiger charge is -2.18. The van der Waals surface area contributed by atoms with Gasteiger partial charge in [-0.25, -0.2) is 9.29 Å². The van der Waals surface area contributed by atoms with Crippen LogP contribution in [-0.4, -0.2) is 18.9 Å². The fraction of sp³-hybridized carbons (Fsp3) is 0.0833. The molecule has 1 heterocycles. The van der Waals surface area contributed by atoms with E-state index in [0.717, 1.165) is 10.5 Å². The molecule has 0 aromatic heterocycles. The number of carbonyl (C=O) groups is 2. The van der Waals surface area contributed by atoms with Gasteiger partial charge in [0.05, 0.1) is 18.4 Å². The maximum Gasteiger partial charge on any atom is 0.282 e. The van der Waals surface area contributed by atoms with Crippen LogP contribution in [0.2, 0.25) is 5.02 Å². The monoisotopic (exact) mass is 436 g/mol. The second kappa shape index (κ2) is 8.24. The Hall–Kier alpha value is -3.64. The highest BCUT2D eigenvalue weighted by molar-refractivity contribution is 6.46. The lowest BCUT2D eigenvalue weighted by atomic mass is 10.0. The number of methoxy groups -OCH3 is 1. The summed E-state index contributed by atoms with van der Waals surface area (Å²) in [5, 5.41) is 3.35. The predicted molar refractivity (Wildman–Crippen MR) is 119 cm³/mol. The number of benzene rings is 3. The molecule has 0 bridgehead atoms. The van der Waals surface area contributed by atoms with Gasteiger partial charge in [0, 0.05) is 10.7 Å². The van der Waals surface area contributed by atoms with Gasteiger partial charge in [0.1, 0.15) is 17.3 Å². The van der Waals surface area contributed by atoms with Crippen LogP contribution in [0.1, 0.15) is 11.1 Å². The average molecular weight is 437 g/mol. The fourth-order valence-corrected chi connectivity index (χ4v) is 3.53. The Morgan fingerprint density at radius 2 is 1.61 bits per heavy atom. The van der Waals surface area contributed by atoms with Gasteiger partial charge in [-0.3, -0.25) is 9.59 Å². The molecule has 0 atom stereocenters. The number of hydrogen-bond acceptors (Lipinski definition) is 4. The van der Waals surface area contributed by atoms with Crippen molar-refractivity contribution >= 4 is 40.4 Å². The van der Waals surface area contributed by atoms with E-state index < -0.39 is 17.6 Å². The Labute approximate surface area is 183 Å². The minimum atomic E-state index is -0.564. The van der Waals surface area contributed by atoms with Crippen LogP contribution in [0.4, 0.5) is 15.8 Å². The molecular formula is C24H18ClFN2O3. The van der Waals surface area contributed by atoms with Gasteiger partial charge in [0.2, 0.25) is 0 Å². The first-order chi connectivity index (χ1) is 14.9. The van der Waals surface area contributed by atoms with Gasteiger partial charge in [0.25, 0.3) is 11.8 Å². The molecule has 0 saturated carbocycles. The molecule has 3 aromatic rings. The summed E-state index contributed by atoms with van der Waals surface area (Å²) in [5.74, 6) is -1.15. The van der Waals surface area contributed by atoms with E-state index in [-0.39, 0.29) is 17.0 Å². The summed E-state index contributed by atoms with van der Waals surface area (Å²) in [6.07, 6.45) is 0. The van der Waals surface area contributed by atoms with Crippen molar-refractivity contribution in [3.8, 4) is 5.75 Å². The number of aryl methyl sites for hydroxylation is 1. The third-order valence-electron chi connectivity index (χ3n) is 4.92. The number of rotatable bonds is 5. The molecule has 0 spiro atoms. The number of amides is 2. The minimum Gasteiger partial charge on any atom is -0.495 e. The van der Waals surface area contributed by atoms with Crippen LogP contribution in [-0.2, 0) is 9.59 Å². The molecule has 5 nitrogen and oxygen atoms in total. The fourth-order valence-electron chi connectivity index (χ4n) is 3.37. The highest BCUT2D eigenvalue weighted by Gasteiger charge is 2.41. The molecule has 4 rings (SSSR count). The SMILES string of the molecule is COc1ccc(Cl)cc1N1C(=O)C(Nc2ccc(F)cc2)=C(c2ccc(C)cc2)C1=O. The van der Waals surface area contributed by atoms with Crippen molar-refractivity contribution in [1.82, 2.24) is 0 Å². The van der Waals surface area contributed by atoms with Crippen molar-refractivity contribution in [2.45, 2.75) is 6.92 Å². The number of hydrogen-bond donors (Lipinski definition) is 1.